The Morgan fingerprint density at radius 1 is 0.676 bits per heavy atom. The molecule has 0 bridgehead atoms. The molecular formula is C27H30N2O5. The third kappa shape index (κ3) is 7.85. The van der Waals surface area contributed by atoms with Crippen molar-refractivity contribution in [1.29, 1.82) is 0 Å². The number of benzene rings is 3. The molecule has 0 spiro atoms. The first-order valence-electron chi connectivity index (χ1n) is 11.3. The predicted octanol–water partition coefficient (Wildman–Crippen LogP) is 4.64. The molecule has 0 saturated carbocycles. The van der Waals surface area contributed by atoms with E-state index in [-0.39, 0.29) is 6.61 Å². The molecule has 0 aliphatic carbocycles. The van der Waals surface area contributed by atoms with Crippen molar-refractivity contribution in [3.8, 4) is 17.2 Å². The topological polar surface area (TPSA) is 85.9 Å². The summed E-state index contributed by atoms with van der Waals surface area (Å²) in [7, 11) is 0. The van der Waals surface area contributed by atoms with E-state index in [0.29, 0.717) is 41.8 Å². The Hall–Kier alpha value is -4.00. The second-order valence-electron chi connectivity index (χ2n) is 7.97. The van der Waals surface area contributed by atoms with E-state index in [2.05, 4.69) is 24.7 Å². The molecule has 3 aromatic rings. The molecule has 178 valence electrons. The number of hydrogen-bond donors (Lipinski definition) is 2. The predicted molar refractivity (Wildman–Crippen MR) is 130 cm³/mol. The fourth-order valence-electron chi connectivity index (χ4n) is 2.98. The average Bonchev–Trinajstić information content (AvgIpc) is 2.86. The van der Waals surface area contributed by atoms with Gasteiger partial charge >= 0.3 is 0 Å². The van der Waals surface area contributed by atoms with Crippen LogP contribution < -0.4 is 25.1 Å². The minimum absolute atomic E-state index is 0.261. The summed E-state index contributed by atoms with van der Waals surface area (Å²) in [5, 5.41) is 0. The Morgan fingerprint density at radius 3 is 2.00 bits per heavy atom. The van der Waals surface area contributed by atoms with Crippen LogP contribution in [0.1, 0.15) is 41.0 Å². The maximum atomic E-state index is 12.6. The minimum Gasteiger partial charge on any atom is -0.494 e. The van der Waals surface area contributed by atoms with Gasteiger partial charge in [-0.15, -0.1) is 0 Å². The van der Waals surface area contributed by atoms with Crippen LogP contribution in [-0.4, -0.2) is 31.6 Å². The summed E-state index contributed by atoms with van der Waals surface area (Å²) < 4.78 is 17.0. The van der Waals surface area contributed by atoms with Crippen LogP contribution in [0.25, 0.3) is 0 Å². The van der Waals surface area contributed by atoms with Crippen molar-refractivity contribution in [1.82, 2.24) is 10.9 Å². The Labute approximate surface area is 200 Å². The van der Waals surface area contributed by atoms with Gasteiger partial charge in [-0.3, -0.25) is 20.4 Å². The molecular weight excluding hydrogens is 432 g/mol. The van der Waals surface area contributed by atoms with E-state index in [4.69, 9.17) is 14.2 Å². The van der Waals surface area contributed by atoms with Gasteiger partial charge < -0.3 is 14.2 Å². The highest BCUT2D eigenvalue weighted by atomic mass is 16.5. The highest BCUT2D eigenvalue weighted by molar-refractivity contribution is 6.00. The lowest BCUT2D eigenvalue weighted by Crippen LogP contribution is -2.41. The lowest BCUT2D eigenvalue weighted by Gasteiger charge is -2.13. The number of carbonyl (C=O) groups excluding carboxylic acids is 2. The molecule has 34 heavy (non-hydrogen) atoms. The molecule has 0 heterocycles. The first-order valence-corrected chi connectivity index (χ1v) is 11.3. The van der Waals surface area contributed by atoms with Gasteiger partial charge in [0.1, 0.15) is 30.5 Å². The van der Waals surface area contributed by atoms with Crippen LogP contribution >= 0.6 is 0 Å². The zero-order valence-electron chi connectivity index (χ0n) is 19.5. The number of carbonyl (C=O) groups is 2. The van der Waals surface area contributed by atoms with E-state index in [1.165, 1.54) is 0 Å². The minimum atomic E-state index is -0.485. The fraction of sp³-hybridized carbons (Fsp3) is 0.259. The molecule has 0 aliphatic rings. The highest BCUT2D eigenvalue weighted by Gasteiger charge is 2.14. The number of hydrogen-bond acceptors (Lipinski definition) is 5. The molecule has 2 N–H and O–H groups in total. The van der Waals surface area contributed by atoms with Gasteiger partial charge in [-0.1, -0.05) is 44.2 Å². The van der Waals surface area contributed by atoms with Crippen LogP contribution in [0.5, 0.6) is 17.2 Å². The van der Waals surface area contributed by atoms with Crippen molar-refractivity contribution in [3.63, 3.8) is 0 Å². The van der Waals surface area contributed by atoms with Gasteiger partial charge in [-0.25, -0.2) is 0 Å². The SMILES string of the molecule is CC(C)CCOc1ccc(C(=O)NNC(=O)c2ccccc2OCCOc2ccccc2)cc1. The van der Waals surface area contributed by atoms with Crippen molar-refractivity contribution < 1.29 is 23.8 Å². The van der Waals surface area contributed by atoms with Crippen molar-refractivity contribution >= 4 is 11.8 Å². The third-order valence-electron chi connectivity index (χ3n) is 4.85. The maximum absolute atomic E-state index is 12.6. The monoisotopic (exact) mass is 462 g/mol. The molecule has 7 nitrogen and oxygen atoms in total. The Morgan fingerprint density at radius 2 is 1.26 bits per heavy atom. The van der Waals surface area contributed by atoms with Crippen LogP contribution in [0.3, 0.4) is 0 Å². The smallest absolute Gasteiger partial charge is 0.273 e. The van der Waals surface area contributed by atoms with Gasteiger partial charge in [0.25, 0.3) is 11.8 Å². The van der Waals surface area contributed by atoms with E-state index < -0.39 is 11.8 Å². The zero-order valence-corrected chi connectivity index (χ0v) is 19.5. The summed E-state index contributed by atoms with van der Waals surface area (Å²) in [5.74, 6) is 1.48. The number of hydrazine groups is 1. The molecule has 0 fully saturated rings. The Kier molecular flexibility index (Phi) is 9.34. The molecule has 0 aromatic heterocycles. The first kappa shape index (κ1) is 24.6. The molecule has 0 unspecified atom stereocenters. The van der Waals surface area contributed by atoms with Gasteiger partial charge in [0.2, 0.25) is 0 Å². The molecule has 0 aliphatic heterocycles. The maximum Gasteiger partial charge on any atom is 0.273 e. The molecule has 0 saturated heterocycles. The van der Waals surface area contributed by atoms with Gasteiger partial charge in [-0.05, 0) is 60.9 Å². The van der Waals surface area contributed by atoms with Crippen molar-refractivity contribution in [3.05, 3.63) is 90.0 Å². The highest BCUT2D eigenvalue weighted by Crippen LogP contribution is 2.18. The van der Waals surface area contributed by atoms with Gasteiger partial charge in [0.15, 0.2) is 0 Å². The van der Waals surface area contributed by atoms with E-state index >= 15 is 0 Å². The van der Waals surface area contributed by atoms with E-state index in [1.807, 2.05) is 30.3 Å². The lowest BCUT2D eigenvalue weighted by molar-refractivity contribution is 0.0843. The quantitative estimate of drug-likeness (QED) is 0.320. The normalized spacial score (nSPS) is 10.4. The Bertz CT molecular complexity index is 1050. The first-order chi connectivity index (χ1) is 16.5. The summed E-state index contributed by atoms with van der Waals surface area (Å²) >= 11 is 0. The van der Waals surface area contributed by atoms with Crippen molar-refractivity contribution in [2.75, 3.05) is 19.8 Å². The largest absolute Gasteiger partial charge is 0.494 e. The molecule has 0 atom stereocenters. The lowest BCUT2D eigenvalue weighted by atomic mass is 10.1. The van der Waals surface area contributed by atoms with Gasteiger partial charge in [0, 0.05) is 5.56 Å². The summed E-state index contributed by atoms with van der Waals surface area (Å²) in [6.07, 6.45) is 0.958. The molecule has 3 aromatic carbocycles. The van der Waals surface area contributed by atoms with E-state index in [0.717, 1.165) is 12.2 Å². The summed E-state index contributed by atoms with van der Waals surface area (Å²) in [4.78, 5) is 25.0. The second kappa shape index (κ2) is 12.9. The summed E-state index contributed by atoms with van der Waals surface area (Å²) in [6, 6.07) is 23.0. The van der Waals surface area contributed by atoms with Crippen molar-refractivity contribution in [2.45, 2.75) is 20.3 Å². The number of ether oxygens (including phenoxy) is 3. The number of para-hydroxylation sites is 2. The van der Waals surface area contributed by atoms with Crippen LogP contribution in [0, 0.1) is 5.92 Å². The Balaban J connectivity index is 1.47. The zero-order chi connectivity index (χ0) is 24.2. The van der Waals surface area contributed by atoms with Crippen LogP contribution in [0.4, 0.5) is 0 Å². The van der Waals surface area contributed by atoms with E-state index in [1.54, 1.807) is 48.5 Å². The van der Waals surface area contributed by atoms with E-state index in [9.17, 15) is 9.59 Å². The van der Waals surface area contributed by atoms with Crippen molar-refractivity contribution in [2.24, 2.45) is 5.92 Å². The second-order valence-corrected chi connectivity index (χ2v) is 7.97. The summed E-state index contributed by atoms with van der Waals surface area (Å²) in [6.45, 7) is 5.48. The molecule has 0 radical (unpaired) electrons. The number of amides is 2. The van der Waals surface area contributed by atoms with Crippen LogP contribution in [0.2, 0.25) is 0 Å². The molecule has 3 rings (SSSR count). The third-order valence-corrected chi connectivity index (χ3v) is 4.85. The fourth-order valence-corrected chi connectivity index (χ4v) is 2.98. The van der Waals surface area contributed by atoms with Crippen LogP contribution in [-0.2, 0) is 0 Å². The van der Waals surface area contributed by atoms with Gasteiger partial charge in [0.05, 0.1) is 12.2 Å². The number of nitrogens with one attached hydrogen (secondary N) is 2. The average molecular weight is 463 g/mol. The molecule has 2 amide bonds. The molecule has 7 heteroatoms. The summed E-state index contributed by atoms with van der Waals surface area (Å²) in [5.41, 5.74) is 5.57. The van der Waals surface area contributed by atoms with Crippen LogP contribution in [0.15, 0.2) is 78.9 Å². The number of rotatable bonds is 11. The standard InChI is InChI=1S/C27H30N2O5/c1-20(2)16-17-32-23-14-12-21(13-15-23)26(30)28-29-27(31)24-10-6-7-11-25(24)34-19-18-33-22-8-4-3-5-9-22/h3-15,20H,16-19H2,1-2H3,(H,28,30)(H,29,31). The van der Waals surface area contributed by atoms with Gasteiger partial charge in [-0.2, -0.15) is 0 Å².